The van der Waals surface area contributed by atoms with Gasteiger partial charge in [-0.15, -0.1) is 0 Å². The number of aryl methyl sites for hydroxylation is 2. The molecule has 0 fully saturated rings. The second-order valence-corrected chi connectivity index (χ2v) is 6.31. The Hall–Kier alpha value is -2.29. The van der Waals surface area contributed by atoms with Gasteiger partial charge in [-0.3, -0.25) is 4.79 Å². The lowest BCUT2D eigenvalue weighted by molar-refractivity contribution is -0.138. The molecule has 0 aliphatic carbocycles. The SMILES string of the molecule is Cc1ccc(O[C@H](C)C(=O)N2CCc3ccccc3C2)c(C)c1. The van der Waals surface area contributed by atoms with E-state index in [1.807, 2.05) is 36.9 Å². The van der Waals surface area contributed by atoms with Crippen molar-refractivity contribution in [1.29, 1.82) is 0 Å². The summed E-state index contributed by atoms with van der Waals surface area (Å²) in [4.78, 5) is 14.6. The van der Waals surface area contributed by atoms with E-state index in [0.717, 1.165) is 24.3 Å². The van der Waals surface area contributed by atoms with Gasteiger partial charge in [0.25, 0.3) is 5.91 Å². The Labute approximate surface area is 137 Å². The van der Waals surface area contributed by atoms with E-state index in [2.05, 4.69) is 31.2 Å². The van der Waals surface area contributed by atoms with Crippen molar-refractivity contribution in [3.63, 3.8) is 0 Å². The van der Waals surface area contributed by atoms with Crippen LogP contribution in [-0.2, 0) is 17.8 Å². The molecule has 0 unspecified atom stereocenters. The Bertz CT molecular complexity index is 723. The average Bonchev–Trinajstić information content (AvgIpc) is 2.56. The highest BCUT2D eigenvalue weighted by molar-refractivity contribution is 5.81. The lowest BCUT2D eigenvalue weighted by atomic mass is 9.99. The summed E-state index contributed by atoms with van der Waals surface area (Å²) >= 11 is 0. The van der Waals surface area contributed by atoms with E-state index in [1.165, 1.54) is 16.7 Å². The Kier molecular flexibility index (Phi) is 4.37. The number of ether oxygens (including phenoxy) is 1. The van der Waals surface area contributed by atoms with E-state index in [9.17, 15) is 4.79 Å². The summed E-state index contributed by atoms with van der Waals surface area (Å²) in [5, 5.41) is 0. The minimum atomic E-state index is -0.471. The van der Waals surface area contributed by atoms with E-state index in [-0.39, 0.29) is 5.91 Å². The van der Waals surface area contributed by atoms with Gasteiger partial charge in [0.15, 0.2) is 6.10 Å². The highest BCUT2D eigenvalue weighted by Crippen LogP contribution is 2.23. The Morgan fingerprint density at radius 1 is 1.13 bits per heavy atom. The number of amides is 1. The molecule has 2 aromatic carbocycles. The minimum absolute atomic E-state index is 0.0551. The third-order valence-corrected chi connectivity index (χ3v) is 4.42. The first-order chi connectivity index (χ1) is 11.0. The normalized spacial score (nSPS) is 15.0. The third kappa shape index (κ3) is 3.39. The van der Waals surface area contributed by atoms with Crippen LogP contribution in [0.1, 0.15) is 29.2 Å². The predicted octanol–water partition coefficient (Wildman–Crippen LogP) is 3.66. The van der Waals surface area contributed by atoms with Crippen molar-refractivity contribution in [2.45, 2.75) is 39.8 Å². The first-order valence-electron chi connectivity index (χ1n) is 8.14. The molecule has 0 saturated heterocycles. The van der Waals surface area contributed by atoms with Crippen molar-refractivity contribution < 1.29 is 9.53 Å². The molecule has 0 saturated carbocycles. The second-order valence-electron chi connectivity index (χ2n) is 6.31. The molecular weight excluding hydrogens is 286 g/mol. The van der Waals surface area contributed by atoms with Crippen LogP contribution >= 0.6 is 0 Å². The van der Waals surface area contributed by atoms with Crippen molar-refractivity contribution >= 4 is 5.91 Å². The van der Waals surface area contributed by atoms with Crippen molar-refractivity contribution in [3.05, 3.63) is 64.7 Å². The molecule has 0 radical (unpaired) electrons. The maximum atomic E-state index is 12.7. The number of hydrogen-bond acceptors (Lipinski definition) is 2. The monoisotopic (exact) mass is 309 g/mol. The van der Waals surface area contributed by atoms with Crippen LogP contribution in [0.3, 0.4) is 0 Å². The van der Waals surface area contributed by atoms with Gasteiger partial charge in [-0.1, -0.05) is 42.0 Å². The van der Waals surface area contributed by atoms with E-state index < -0.39 is 6.10 Å². The quantitative estimate of drug-likeness (QED) is 0.866. The Morgan fingerprint density at radius 3 is 2.61 bits per heavy atom. The molecule has 1 heterocycles. The van der Waals surface area contributed by atoms with Crippen LogP contribution in [0, 0.1) is 13.8 Å². The number of fused-ring (bicyclic) bond motifs is 1. The van der Waals surface area contributed by atoms with Gasteiger partial charge in [-0.05, 0) is 49.9 Å². The van der Waals surface area contributed by atoms with Crippen molar-refractivity contribution in [1.82, 2.24) is 4.90 Å². The Morgan fingerprint density at radius 2 is 1.87 bits per heavy atom. The zero-order chi connectivity index (χ0) is 16.4. The Balaban J connectivity index is 1.68. The maximum absolute atomic E-state index is 12.7. The van der Waals surface area contributed by atoms with E-state index in [0.29, 0.717) is 6.54 Å². The minimum Gasteiger partial charge on any atom is -0.481 e. The molecule has 0 N–H and O–H groups in total. The summed E-state index contributed by atoms with van der Waals surface area (Å²) in [6, 6.07) is 14.4. The van der Waals surface area contributed by atoms with Gasteiger partial charge in [0.1, 0.15) is 5.75 Å². The molecule has 1 amide bonds. The average molecular weight is 309 g/mol. The molecule has 3 nitrogen and oxygen atoms in total. The molecule has 1 aliphatic heterocycles. The lowest BCUT2D eigenvalue weighted by Gasteiger charge is -2.31. The first kappa shape index (κ1) is 15.6. The molecule has 120 valence electrons. The second kappa shape index (κ2) is 6.45. The largest absolute Gasteiger partial charge is 0.481 e. The summed E-state index contributed by atoms with van der Waals surface area (Å²) < 4.78 is 5.91. The number of hydrogen-bond donors (Lipinski definition) is 0. The molecule has 0 spiro atoms. The molecule has 1 atom stereocenters. The van der Waals surface area contributed by atoms with Gasteiger partial charge < -0.3 is 9.64 Å². The highest BCUT2D eigenvalue weighted by Gasteiger charge is 2.25. The zero-order valence-electron chi connectivity index (χ0n) is 14.0. The van der Waals surface area contributed by atoms with Crippen LogP contribution in [-0.4, -0.2) is 23.5 Å². The summed E-state index contributed by atoms with van der Waals surface area (Å²) in [5.41, 5.74) is 4.85. The number of carbonyl (C=O) groups excluding carboxylic acids is 1. The molecule has 2 aromatic rings. The summed E-state index contributed by atoms with van der Waals surface area (Å²) in [6.07, 6.45) is 0.444. The van der Waals surface area contributed by atoms with Gasteiger partial charge in [0.05, 0.1) is 0 Å². The van der Waals surface area contributed by atoms with Gasteiger partial charge in [0, 0.05) is 13.1 Å². The van der Waals surface area contributed by atoms with E-state index in [1.54, 1.807) is 0 Å². The van der Waals surface area contributed by atoms with Crippen LogP contribution in [0.5, 0.6) is 5.75 Å². The van der Waals surface area contributed by atoms with Crippen LogP contribution in [0.4, 0.5) is 0 Å². The van der Waals surface area contributed by atoms with Crippen molar-refractivity contribution in [2.24, 2.45) is 0 Å². The summed E-state index contributed by atoms with van der Waals surface area (Å²) in [5.74, 6) is 0.841. The number of nitrogens with zero attached hydrogens (tertiary/aromatic N) is 1. The van der Waals surface area contributed by atoms with Crippen LogP contribution in [0.2, 0.25) is 0 Å². The van der Waals surface area contributed by atoms with E-state index >= 15 is 0 Å². The first-order valence-corrected chi connectivity index (χ1v) is 8.14. The van der Waals surface area contributed by atoms with Gasteiger partial charge >= 0.3 is 0 Å². The zero-order valence-corrected chi connectivity index (χ0v) is 14.0. The molecule has 3 heteroatoms. The van der Waals surface area contributed by atoms with Crippen LogP contribution in [0.15, 0.2) is 42.5 Å². The van der Waals surface area contributed by atoms with Gasteiger partial charge in [0.2, 0.25) is 0 Å². The fraction of sp³-hybridized carbons (Fsp3) is 0.350. The van der Waals surface area contributed by atoms with Crippen LogP contribution in [0.25, 0.3) is 0 Å². The maximum Gasteiger partial charge on any atom is 0.263 e. The summed E-state index contributed by atoms with van der Waals surface area (Å²) in [6.45, 7) is 7.33. The standard InChI is InChI=1S/C20H23NO2/c1-14-8-9-19(15(2)12-14)23-16(3)20(22)21-11-10-17-6-4-5-7-18(17)13-21/h4-9,12,16H,10-11,13H2,1-3H3/t16-/m1/s1. The molecule has 1 aliphatic rings. The predicted molar refractivity (Wildman–Crippen MR) is 91.6 cm³/mol. The third-order valence-electron chi connectivity index (χ3n) is 4.42. The van der Waals surface area contributed by atoms with Crippen molar-refractivity contribution in [3.8, 4) is 5.75 Å². The molecular formula is C20H23NO2. The topological polar surface area (TPSA) is 29.5 Å². The van der Waals surface area contributed by atoms with E-state index in [4.69, 9.17) is 4.74 Å². The summed E-state index contributed by atoms with van der Waals surface area (Å²) in [7, 11) is 0. The fourth-order valence-corrected chi connectivity index (χ4v) is 3.11. The number of benzene rings is 2. The van der Waals surface area contributed by atoms with Crippen molar-refractivity contribution in [2.75, 3.05) is 6.54 Å². The molecule has 0 aromatic heterocycles. The number of rotatable bonds is 3. The smallest absolute Gasteiger partial charge is 0.263 e. The molecule has 23 heavy (non-hydrogen) atoms. The molecule has 3 rings (SSSR count). The fourth-order valence-electron chi connectivity index (χ4n) is 3.11. The molecule has 0 bridgehead atoms. The van der Waals surface area contributed by atoms with Gasteiger partial charge in [-0.2, -0.15) is 0 Å². The van der Waals surface area contributed by atoms with Crippen LogP contribution < -0.4 is 4.74 Å². The number of carbonyl (C=O) groups is 1. The van der Waals surface area contributed by atoms with Gasteiger partial charge in [-0.25, -0.2) is 0 Å². The lowest BCUT2D eigenvalue weighted by Crippen LogP contribution is -2.43. The highest BCUT2D eigenvalue weighted by atomic mass is 16.5.